The van der Waals surface area contributed by atoms with E-state index in [9.17, 15) is 4.79 Å². The minimum absolute atomic E-state index is 0.0112. The monoisotopic (exact) mass is 297 g/mol. The zero-order valence-corrected chi connectivity index (χ0v) is 11.8. The molecule has 0 spiro atoms. The number of carbonyl (C=O) groups excluding carboxylic acids is 1. The number of benzene rings is 1. The summed E-state index contributed by atoms with van der Waals surface area (Å²) in [5.41, 5.74) is 1.49. The highest BCUT2D eigenvalue weighted by Gasteiger charge is 2.12. The molecule has 1 amide bonds. The molecule has 0 saturated carbocycles. The van der Waals surface area contributed by atoms with Gasteiger partial charge in [-0.05, 0) is 43.2 Å². The molecule has 1 aromatic carbocycles. The van der Waals surface area contributed by atoms with Gasteiger partial charge in [0, 0.05) is 21.7 Å². The standard InChI is InChI=1S/C14H13Cl2NO2/c1-9(4-10-2-3-19-8-10)17-14(18)11-5-12(15)7-13(16)6-11/h2-3,5-9H,4H2,1H3,(H,17,18). The Hall–Kier alpha value is -1.45. The summed E-state index contributed by atoms with van der Waals surface area (Å²) in [6.07, 6.45) is 3.98. The second kappa shape index (κ2) is 6.13. The fourth-order valence-electron chi connectivity index (χ4n) is 1.81. The van der Waals surface area contributed by atoms with Crippen molar-refractivity contribution < 1.29 is 9.21 Å². The van der Waals surface area contributed by atoms with Gasteiger partial charge in [0.25, 0.3) is 5.91 Å². The van der Waals surface area contributed by atoms with Crippen LogP contribution in [0.2, 0.25) is 10.0 Å². The predicted molar refractivity (Wildman–Crippen MR) is 75.8 cm³/mol. The van der Waals surface area contributed by atoms with Crippen molar-refractivity contribution in [2.45, 2.75) is 19.4 Å². The highest BCUT2D eigenvalue weighted by molar-refractivity contribution is 6.35. The van der Waals surface area contributed by atoms with Crippen LogP contribution in [0.15, 0.2) is 41.2 Å². The summed E-state index contributed by atoms with van der Waals surface area (Å²) < 4.78 is 4.99. The number of amides is 1. The van der Waals surface area contributed by atoms with Gasteiger partial charge in [-0.25, -0.2) is 0 Å². The molecule has 0 fully saturated rings. The number of furan rings is 1. The van der Waals surface area contributed by atoms with Gasteiger partial charge in [0.15, 0.2) is 0 Å². The van der Waals surface area contributed by atoms with Crippen LogP contribution in [0.1, 0.15) is 22.8 Å². The minimum atomic E-state index is -0.194. The van der Waals surface area contributed by atoms with E-state index >= 15 is 0 Å². The molecule has 0 radical (unpaired) electrons. The predicted octanol–water partition coefficient (Wildman–Crippen LogP) is 3.95. The summed E-state index contributed by atoms with van der Waals surface area (Å²) in [6, 6.07) is 6.64. The van der Waals surface area contributed by atoms with E-state index in [1.54, 1.807) is 30.7 Å². The van der Waals surface area contributed by atoms with E-state index in [2.05, 4.69) is 5.32 Å². The maximum absolute atomic E-state index is 12.0. The molecule has 1 N–H and O–H groups in total. The molecular weight excluding hydrogens is 285 g/mol. The first-order valence-corrected chi connectivity index (χ1v) is 6.58. The van der Waals surface area contributed by atoms with Crippen molar-refractivity contribution in [3.05, 3.63) is 58.0 Å². The first kappa shape index (κ1) is 14.0. The van der Waals surface area contributed by atoms with E-state index in [-0.39, 0.29) is 11.9 Å². The van der Waals surface area contributed by atoms with E-state index in [1.807, 2.05) is 13.0 Å². The molecule has 5 heteroatoms. The first-order valence-electron chi connectivity index (χ1n) is 5.82. The molecule has 1 unspecified atom stereocenters. The molecule has 1 aromatic heterocycles. The topological polar surface area (TPSA) is 42.2 Å². The van der Waals surface area contributed by atoms with Crippen molar-refractivity contribution in [3.63, 3.8) is 0 Å². The van der Waals surface area contributed by atoms with Crippen molar-refractivity contribution in [1.82, 2.24) is 5.32 Å². The summed E-state index contributed by atoms with van der Waals surface area (Å²) in [5.74, 6) is -0.194. The average Bonchev–Trinajstić information content (AvgIpc) is 2.80. The van der Waals surface area contributed by atoms with E-state index in [1.165, 1.54) is 0 Å². The smallest absolute Gasteiger partial charge is 0.251 e. The van der Waals surface area contributed by atoms with Crippen molar-refractivity contribution in [2.24, 2.45) is 0 Å². The Balaban J connectivity index is 2.00. The van der Waals surface area contributed by atoms with Gasteiger partial charge in [-0.1, -0.05) is 23.2 Å². The number of carbonyl (C=O) groups is 1. The highest BCUT2D eigenvalue weighted by Crippen LogP contribution is 2.19. The van der Waals surface area contributed by atoms with Crippen LogP contribution in [0, 0.1) is 0 Å². The van der Waals surface area contributed by atoms with Crippen molar-refractivity contribution in [3.8, 4) is 0 Å². The lowest BCUT2D eigenvalue weighted by atomic mass is 10.1. The van der Waals surface area contributed by atoms with Gasteiger partial charge in [-0.3, -0.25) is 4.79 Å². The Morgan fingerprint density at radius 2 is 2.00 bits per heavy atom. The molecule has 100 valence electrons. The van der Waals surface area contributed by atoms with Crippen LogP contribution in [-0.2, 0) is 6.42 Å². The third-order valence-corrected chi connectivity index (χ3v) is 3.06. The van der Waals surface area contributed by atoms with Gasteiger partial charge in [-0.2, -0.15) is 0 Å². The average molecular weight is 298 g/mol. The molecule has 1 atom stereocenters. The number of nitrogens with one attached hydrogen (secondary N) is 1. The number of halogens is 2. The molecule has 19 heavy (non-hydrogen) atoms. The minimum Gasteiger partial charge on any atom is -0.472 e. The molecule has 2 rings (SSSR count). The van der Waals surface area contributed by atoms with Gasteiger partial charge in [0.05, 0.1) is 12.5 Å². The van der Waals surface area contributed by atoms with Crippen LogP contribution in [0.4, 0.5) is 0 Å². The summed E-state index contributed by atoms with van der Waals surface area (Å²) in [4.78, 5) is 12.0. The molecule has 0 saturated heterocycles. The summed E-state index contributed by atoms with van der Waals surface area (Å²) >= 11 is 11.7. The molecule has 0 bridgehead atoms. The lowest BCUT2D eigenvalue weighted by Gasteiger charge is -2.13. The molecule has 0 aliphatic carbocycles. The highest BCUT2D eigenvalue weighted by atomic mass is 35.5. The SMILES string of the molecule is CC(Cc1ccoc1)NC(=O)c1cc(Cl)cc(Cl)c1. The quantitative estimate of drug-likeness (QED) is 0.928. The molecule has 2 aromatic rings. The van der Waals surface area contributed by atoms with Gasteiger partial charge >= 0.3 is 0 Å². The van der Waals surface area contributed by atoms with Crippen LogP contribution < -0.4 is 5.32 Å². The lowest BCUT2D eigenvalue weighted by molar-refractivity contribution is 0.0940. The molecule has 0 aliphatic rings. The Morgan fingerprint density at radius 3 is 2.58 bits per heavy atom. The van der Waals surface area contributed by atoms with E-state index in [4.69, 9.17) is 27.6 Å². The van der Waals surface area contributed by atoms with Crippen molar-refractivity contribution in [1.29, 1.82) is 0 Å². The van der Waals surface area contributed by atoms with E-state index < -0.39 is 0 Å². The maximum atomic E-state index is 12.0. The molecular formula is C14H13Cl2NO2. The fourth-order valence-corrected chi connectivity index (χ4v) is 2.33. The Labute approximate surface area is 121 Å². The normalized spacial score (nSPS) is 12.2. The van der Waals surface area contributed by atoms with Crippen LogP contribution >= 0.6 is 23.2 Å². The largest absolute Gasteiger partial charge is 0.472 e. The van der Waals surface area contributed by atoms with Gasteiger partial charge < -0.3 is 9.73 Å². The van der Waals surface area contributed by atoms with Crippen LogP contribution in [-0.4, -0.2) is 11.9 Å². The van der Waals surface area contributed by atoms with Crippen molar-refractivity contribution >= 4 is 29.1 Å². The zero-order chi connectivity index (χ0) is 13.8. The van der Waals surface area contributed by atoms with Gasteiger partial charge in [-0.15, -0.1) is 0 Å². The van der Waals surface area contributed by atoms with Gasteiger partial charge in [0.1, 0.15) is 0 Å². The number of hydrogen-bond donors (Lipinski definition) is 1. The third-order valence-electron chi connectivity index (χ3n) is 2.62. The van der Waals surface area contributed by atoms with Crippen LogP contribution in [0.3, 0.4) is 0 Å². The van der Waals surface area contributed by atoms with Crippen LogP contribution in [0.5, 0.6) is 0 Å². The summed E-state index contributed by atoms with van der Waals surface area (Å²) in [5, 5.41) is 3.78. The van der Waals surface area contributed by atoms with E-state index in [0.29, 0.717) is 22.0 Å². The second-order valence-electron chi connectivity index (χ2n) is 4.37. The summed E-state index contributed by atoms with van der Waals surface area (Å²) in [7, 11) is 0. The third kappa shape index (κ3) is 4.01. The molecule has 0 aliphatic heterocycles. The van der Waals surface area contributed by atoms with E-state index in [0.717, 1.165) is 5.56 Å². The maximum Gasteiger partial charge on any atom is 0.251 e. The molecule has 1 heterocycles. The van der Waals surface area contributed by atoms with Gasteiger partial charge in [0.2, 0.25) is 0 Å². The Morgan fingerprint density at radius 1 is 1.32 bits per heavy atom. The Kier molecular flexibility index (Phi) is 4.51. The zero-order valence-electron chi connectivity index (χ0n) is 10.3. The van der Waals surface area contributed by atoms with Crippen LogP contribution in [0.25, 0.3) is 0 Å². The number of rotatable bonds is 4. The summed E-state index contributed by atoms with van der Waals surface area (Å²) in [6.45, 7) is 1.93. The fraction of sp³-hybridized carbons (Fsp3) is 0.214. The Bertz CT molecular complexity index is 547. The number of hydrogen-bond acceptors (Lipinski definition) is 2. The lowest BCUT2D eigenvalue weighted by Crippen LogP contribution is -2.34. The molecule has 3 nitrogen and oxygen atoms in total. The first-order chi connectivity index (χ1) is 9.04. The second-order valence-corrected chi connectivity index (χ2v) is 5.24. The van der Waals surface area contributed by atoms with Crippen molar-refractivity contribution in [2.75, 3.05) is 0 Å².